The van der Waals surface area contributed by atoms with Crippen molar-refractivity contribution in [3.63, 3.8) is 0 Å². The Balaban J connectivity index is 2.39. The van der Waals surface area contributed by atoms with Gasteiger partial charge >= 0.3 is 5.69 Å². The summed E-state index contributed by atoms with van der Waals surface area (Å²) in [5.74, 6) is -2.75. The van der Waals surface area contributed by atoms with Crippen molar-refractivity contribution < 1.29 is 18.4 Å². The van der Waals surface area contributed by atoms with E-state index in [0.29, 0.717) is 21.1 Å². The summed E-state index contributed by atoms with van der Waals surface area (Å²) in [6, 6.07) is 2.66. The molecule has 0 radical (unpaired) electrons. The second-order valence-electron chi connectivity index (χ2n) is 3.53. The molecule has 0 aliphatic carbocycles. The van der Waals surface area contributed by atoms with E-state index < -0.39 is 28.0 Å². The Morgan fingerprint density at radius 3 is 2.50 bits per heavy atom. The van der Waals surface area contributed by atoms with Crippen LogP contribution in [0.3, 0.4) is 0 Å². The van der Waals surface area contributed by atoms with E-state index in [1.165, 1.54) is 6.20 Å². The van der Waals surface area contributed by atoms with Crippen molar-refractivity contribution in [1.29, 1.82) is 0 Å². The van der Waals surface area contributed by atoms with Crippen molar-refractivity contribution >= 4 is 37.5 Å². The van der Waals surface area contributed by atoms with Gasteiger partial charge < -0.3 is 4.74 Å². The number of pyridine rings is 1. The molecule has 1 aromatic carbocycles. The molecule has 0 aliphatic heterocycles. The lowest BCUT2D eigenvalue weighted by molar-refractivity contribution is -0.387. The Kier molecular flexibility index (Phi) is 4.29. The zero-order chi connectivity index (χ0) is 14.9. The summed E-state index contributed by atoms with van der Waals surface area (Å²) in [5, 5.41) is 10.5. The number of benzene rings is 1. The number of hydrogen-bond donors (Lipinski definition) is 0. The van der Waals surface area contributed by atoms with Gasteiger partial charge in [0, 0.05) is 16.7 Å². The molecule has 0 N–H and O–H groups in total. The first-order valence-electron chi connectivity index (χ1n) is 5.01. The Morgan fingerprint density at radius 1 is 1.20 bits per heavy atom. The van der Waals surface area contributed by atoms with Crippen LogP contribution in [0, 0.1) is 21.7 Å². The second kappa shape index (κ2) is 5.80. The summed E-state index contributed by atoms with van der Waals surface area (Å²) in [7, 11) is 0. The quantitative estimate of drug-likeness (QED) is 0.549. The van der Waals surface area contributed by atoms with Crippen molar-refractivity contribution in [3.8, 4) is 11.6 Å². The molecule has 0 bridgehead atoms. The van der Waals surface area contributed by atoms with E-state index in [-0.39, 0.29) is 5.88 Å². The predicted octanol–water partition coefficient (Wildman–Crippen LogP) is 4.59. The van der Waals surface area contributed by atoms with Crippen molar-refractivity contribution in [2.45, 2.75) is 0 Å². The molecule has 0 amide bonds. The van der Waals surface area contributed by atoms with Gasteiger partial charge in [-0.2, -0.15) is 4.39 Å². The van der Waals surface area contributed by atoms with Crippen LogP contribution in [0.25, 0.3) is 0 Å². The number of nitro groups is 1. The number of nitrogens with zero attached hydrogens (tertiary/aromatic N) is 2. The molecule has 0 spiro atoms. The van der Waals surface area contributed by atoms with E-state index in [1.807, 2.05) is 0 Å². The van der Waals surface area contributed by atoms with Crippen molar-refractivity contribution in [1.82, 2.24) is 4.98 Å². The standard InChI is InChI=1S/C11H4Br2F2N2O3/c12-5-1-6(13)11(16-4-5)20-10-3-7(14)9(17(18)19)2-8(10)15/h1-4H. The fourth-order valence-electron chi connectivity index (χ4n) is 1.32. The SMILES string of the molecule is O=[N+]([O-])c1cc(F)c(Oc2ncc(Br)cc2Br)cc1F. The van der Waals surface area contributed by atoms with Gasteiger partial charge in [0.05, 0.1) is 15.5 Å². The number of aromatic nitrogens is 1. The largest absolute Gasteiger partial charge is 0.435 e. The van der Waals surface area contributed by atoms with Crippen LogP contribution in [-0.4, -0.2) is 9.91 Å². The molecule has 5 nitrogen and oxygen atoms in total. The third-order valence-corrected chi connectivity index (χ3v) is 3.18. The first kappa shape index (κ1) is 14.8. The summed E-state index contributed by atoms with van der Waals surface area (Å²) < 4.78 is 33.2. The topological polar surface area (TPSA) is 65.3 Å². The van der Waals surface area contributed by atoms with Crippen LogP contribution in [0.1, 0.15) is 0 Å². The molecule has 0 fully saturated rings. The maximum atomic E-state index is 13.6. The highest BCUT2D eigenvalue weighted by atomic mass is 79.9. The van der Waals surface area contributed by atoms with Crippen molar-refractivity contribution in [2.24, 2.45) is 0 Å². The first-order chi connectivity index (χ1) is 9.38. The maximum absolute atomic E-state index is 13.6. The molecule has 0 saturated heterocycles. The van der Waals surface area contributed by atoms with Crippen LogP contribution in [0.2, 0.25) is 0 Å². The molecule has 104 valence electrons. The maximum Gasteiger partial charge on any atom is 0.307 e. The average molecular weight is 410 g/mol. The highest BCUT2D eigenvalue weighted by Gasteiger charge is 2.20. The highest BCUT2D eigenvalue weighted by Crippen LogP contribution is 2.33. The van der Waals surface area contributed by atoms with E-state index in [4.69, 9.17) is 4.74 Å². The van der Waals surface area contributed by atoms with Gasteiger partial charge in [-0.15, -0.1) is 0 Å². The fraction of sp³-hybridized carbons (Fsp3) is 0. The molecule has 0 aliphatic rings. The van der Waals surface area contributed by atoms with Gasteiger partial charge in [0.15, 0.2) is 11.6 Å². The second-order valence-corrected chi connectivity index (χ2v) is 5.30. The van der Waals surface area contributed by atoms with E-state index in [0.717, 1.165) is 0 Å². The van der Waals surface area contributed by atoms with E-state index in [9.17, 15) is 18.9 Å². The molecule has 1 heterocycles. The van der Waals surface area contributed by atoms with Crippen LogP contribution < -0.4 is 4.74 Å². The monoisotopic (exact) mass is 408 g/mol. The lowest BCUT2D eigenvalue weighted by atomic mass is 10.3. The molecule has 1 aromatic heterocycles. The average Bonchev–Trinajstić information content (AvgIpc) is 2.36. The van der Waals surface area contributed by atoms with Crippen LogP contribution in [0.4, 0.5) is 14.5 Å². The molecule has 20 heavy (non-hydrogen) atoms. The summed E-state index contributed by atoms with van der Waals surface area (Å²) in [5.41, 5.74) is -0.960. The zero-order valence-corrected chi connectivity index (χ0v) is 12.6. The van der Waals surface area contributed by atoms with Gasteiger partial charge in [-0.3, -0.25) is 10.1 Å². The summed E-state index contributed by atoms with van der Waals surface area (Å²) >= 11 is 6.32. The van der Waals surface area contributed by atoms with Crippen LogP contribution in [-0.2, 0) is 0 Å². The van der Waals surface area contributed by atoms with Crippen molar-refractivity contribution in [2.75, 3.05) is 0 Å². The lowest BCUT2D eigenvalue weighted by Crippen LogP contribution is -1.97. The number of ether oxygens (including phenoxy) is 1. The fourth-order valence-corrected chi connectivity index (χ4v) is 2.39. The third kappa shape index (κ3) is 3.10. The number of rotatable bonds is 3. The lowest BCUT2D eigenvalue weighted by Gasteiger charge is -2.08. The zero-order valence-electron chi connectivity index (χ0n) is 9.44. The van der Waals surface area contributed by atoms with Gasteiger partial charge in [0.25, 0.3) is 0 Å². The van der Waals surface area contributed by atoms with Crippen LogP contribution in [0.5, 0.6) is 11.6 Å². The normalized spacial score (nSPS) is 10.4. The Morgan fingerprint density at radius 2 is 1.90 bits per heavy atom. The smallest absolute Gasteiger partial charge is 0.307 e. The minimum atomic E-state index is -1.19. The molecule has 0 saturated carbocycles. The third-order valence-electron chi connectivity index (χ3n) is 2.18. The number of nitro benzene ring substituents is 1. The molecular formula is C11H4Br2F2N2O3. The van der Waals surface area contributed by atoms with E-state index in [2.05, 4.69) is 36.8 Å². The Bertz CT molecular complexity index is 698. The van der Waals surface area contributed by atoms with Crippen molar-refractivity contribution in [3.05, 3.63) is 55.1 Å². The van der Waals surface area contributed by atoms with Gasteiger partial charge in [0.1, 0.15) is 0 Å². The number of halogens is 4. The molecule has 0 atom stereocenters. The first-order valence-corrected chi connectivity index (χ1v) is 6.59. The van der Waals surface area contributed by atoms with Crippen LogP contribution >= 0.6 is 31.9 Å². The Labute approximate surface area is 128 Å². The van der Waals surface area contributed by atoms with Crippen LogP contribution in [0.15, 0.2) is 33.3 Å². The molecular weight excluding hydrogens is 406 g/mol. The summed E-state index contributed by atoms with van der Waals surface area (Å²) in [4.78, 5) is 13.3. The van der Waals surface area contributed by atoms with Gasteiger partial charge in [-0.25, -0.2) is 9.37 Å². The Hall–Kier alpha value is -1.61. The van der Waals surface area contributed by atoms with E-state index >= 15 is 0 Å². The summed E-state index contributed by atoms with van der Waals surface area (Å²) in [6.45, 7) is 0. The highest BCUT2D eigenvalue weighted by molar-refractivity contribution is 9.11. The van der Waals surface area contributed by atoms with Gasteiger partial charge in [-0.1, -0.05) is 0 Å². The molecule has 2 rings (SSSR count). The van der Waals surface area contributed by atoms with Gasteiger partial charge in [0.2, 0.25) is 11.7 Å². The minimum absolute atomic E-state index is 0.000327. The number of hydrogen-bond acceptors (Lipinski definition) is 4. The molecule has 2 aromatic rings. The predicted molar refractivity (Wildman–Crippen MR) is 72.7 cm³/mol. The minimum Gasteiger partial charge on any atom is -0.435 e. The molecule has 9 heteroatoms. The summed E-state index contributed by atoms with van der Waals surface area (Å²) in [6.07, 6.45) is 1.40. The molecule has 0 unspecified atom stereocenters. The van der Waals surface area contributed by atoms with E-state index in [1.54, 1.807) is 6.07 Å². The van der Waals surface area contributed by atoms with Gasteiger partial charge in [-0.05, 0) is 37.9 Å².